The first-order valence-corrected chi connectivity index (χ1v) is 9.46. The van der Waals surface area contributed by atoms with Gasteiger partial charge < -0.3 is 4.90 Å². The second-order valence-corrected chi connectivity index (χ2v) is 7.47. The molecule has 2 saturated heterocycles. The van der Waals surface area contributed by atoms with Gasteiger partial charge in [-0.15, -0.1) is 0 Å². The van der Waals surface area contributed by atoms with Gasteiger partial charge in [0, 0.05) is 13.1 Å². The lowest BCUT2D eigenvalue weighted by Crippen LogP contribution is -2.42. The van der Waals surface area contributed by atoms with E-state index in [4.69, 9.17) is 0 Å². The lowest BCUT2D eigenvalue weighted by atomic mass is 10.1. The van der Waals surface area contributed by atoms with E-state index in [2.05, 4.69) is 0 Å². The number of benzene rings is 1. The molecule has 2 aliphatic rings. The van der Waals surface area contributed by atoms with Gasteiger partial charge in [0.15, 0.2) is 0 Å². The Labute approximate surface area is 152 Å². The topological polar surface area (TPSA) is 57.7 Å². The largest absolute Gasteiger partial charge is 0.341 e. The summed E-state index contributed by atoms with van der Waals surface area (Å²) in [6.07, 6.45) is 5.94. The molecule has 5 nitrogen and oxygen atoms in total. The number of likely N-dealkylation sites (tertiary alicyclic amines) is 1. The van der Waals surface area contributed by atoms with E-state index in [-0.39, 0.29) is 23.6 Å². The highest BCUT2D eigenvalue weighted by atomic mass is 32.2. The quantitative estimate of drug-likeness (QED) is 0.777. The van der Waals surface area contributed by atoms with Crippen LogP contribution in [0.15, 0.2) is 29.2 Å². The van der Waals surface area contributed by atoms with Crippen LogP contribution in [-0.2, 0) is 9.59 Å². The molecule has 0 N–H and O–H groups in total. The van der Waals surface area contributed by atoms with Gasteiger partial charge in [-0.3, -0.25) is 19.3 Å². The summed E-state index contributed by atoms with van der Waals surface area (Å²) in [5, 5.41) is -0.369. The number of thioether (sulfide) groups is 1. The summed E-state index contributed by atoms with van der Waals surface area (Å²) >= 11 is 0.901. The van der Waals surface area contributed by atoms with Gasteiger partial charge in [-0.25, -0.2) is 0 Å². The predicted molar refractivity (Wildman–Crippen MR) is 98.9 cm³/mol. The number of rotatable bonds is 3. The van der Waals surface area contributed by atoms with Gasteiger partial charge in [0.05, 0.1) is 4.91 Å². The van der Waals surface area contributed by atoms with E-state index in [1.54, 1.807) is 11.0 Å². The zero-order valence-electron chi connectivity index (χ0n) is 14.4. The monoisotopic (exact) mass is 358 g/mol. The van der Waals surface area contributed by atoms with Crippen LogP contribution in [0.3, 0.4) is 0 Å². The molecule has 1 aromatic rings. The molecule has 0 aliphatic carbocycles. The fraction of sp³-hybridized carbons (Fsp3) is 0.421. The van der Waals surface area contributed by atoms with E-state index in [1.807, 2.05) is 31.2 Å². The molecule has 1 aromatic carbocycles. The van der Waals surface area contributed by atoms with Gasteiger partial charge in [-0.1, -0.05) is 42.7 Å². The first kappa shape index (κ1) is 17.7. The fourth-order valence-electron chi connectivity index (χ4n) is 3.01. The fourth-order valence-corrected chi connectivity index (χ4v) is 3.84. The third-order valence-electron chi connectivity index (χ3n) is 4.50. The van der Waals surface area contributed by atoms with Crippen molar-refractivity contribution in [2.24, 2.45) is 0 Å². The first-order valence-electron chi connectivity index (χ1n) is 8.64. The van der Waals surface area contributed by atoms with Crippen LogP contribution in [0, 0.1) is 6.92 Å². The predicted octanol–water partition coefficient (Wildman–Crippen LogP) is 3.43. The molecule has 0 aromatic heterocycles. The van der Waals surface area contributed by atoms with Crippen LogP contribution < -0.4 is 0 Å². The van der Waals surface area contributed by atoms with E-state index in [9.17, 15) is 14.4 Å². The summed E-state index contributed by atoms with van der Waals surface area (Å²) in [7, 11) is 0. The molecule has 6 heteroatoms. The molecular formula is C19H22N2O3S. The molecule has 2 aliphatic heterocycles. The number of aryl methyl sites for hydroxylation is 1. The van der Waals surface area contributed by atoms with Crippen molar-refractivity contribution in [1.29, 1.82) is 0 Å². The van der Waals surface area contributed by atoms with E-state index in [1.165, 1.54) is 0 Å². The Morgan fingerprint density at radius 1 is 1.08 bits per heavy atom. The van der Waals surface area contributed by atoms with Crippen LogP contribution in [0.4, 0.5) is 4.79 Å². The molecular weight excluding hydrogens is 336 g/mol. The second kappa shape index (κ2) is 7.87. The van der Waals surface area contributed by atoms with Crippen molar-refractivity contribution in [3.63, 3.8) is 0 Å². The van der Waals surface area contributed by atoms with Crippen LogP contribution in [0.2, 0.25) is 0 Å². The molecule has 0 radical (unpaired) electrons. The molecule has 3 amide bonds. The third-order valence-corrected chi connectivity index (χ3v) is 5.41. The molecule has 0 spiro atoms. The normalized spacial score (nSPS) is 20.3. The summed E-state index contributed by atoms with van der Waals surface area (Å²) in [5.41, 5.74) is 2.00. The summed E-state index contributed by atoms with van der Waals surface area (Å²) in [5.74, 6) is -0.514. The molecule has 132 valence electrons. The van der Waals surface area contributed by atoms with Crippen LogP contribution in [0.1, 0.15) is 36.8 Å². The lowest BCUT2D eigenvalue weighted by molar-refractivity contribution is -0.135. The summed E-state index contributed by atoms with van der Waals surface area (Å²) < 4.78 is 0. The molecule has 2 fully saturated rings. The van der Waals surface area contributed by atoms with Gasteiger partial charge in [0.2, 0.25) is 5.91 Å². The number of amides is 3. The van der Waals surface area contributed by atoms with Gasteiger partial charge >= 0.3 is 0 Å². The maximum absolute atomic E-state index is 12.5. The third kappa shape index (κ3) is 4.31. The van der Waals surface area contributed by atoms with Gasteiger partial charge in [0.25, 0.3) is 11.1 Å². The SMILES string of the molecule is Cc1ccc(/C=C2\SC(=O)N(CC(=O)N3CCCCCC3)C2=O)cc1. The molecule has 25 heavy (non-hydrogen) atoms. The van der Waals surface area contributed by atoms with Gasteiger partial charge in [-0.05, 0) is 43.2 Å². The molecule has 0 atom stereocenters. The number of hydrogen-bond donors (Lipinski definition) is 0. The molecule has 3 rings (SSSR count). The summed E-state index contributed by atoms with van der Waals surface area (Å²) in [6.45, 7) is 3.27. The van der Waals surface area contributed by atoms with Crippen LogP contribution in [-0.4, -0.2) is 46.5 Å². The first-order chi connectivity index (χ1) is 12.0. The smallest absolute Gasteiger partial charge is 0.294 e. The second-order valence-electron chi connectivity index (χ2n) is 6.47. The number of carbonyl (C=O) groups is 3. The number of hydrogen-bond acceptors (Lipinski definition) is 4. The Kier molecular flexibility index (Phi) is 5.58. The highest BCUT2D eigenvalue weighted by Crippen LogP contribution is 2.32. The van der Waals surface area contributed by atoms with Crippen LogP contribution in [0.5, 0.6) is 0 Å². The maximum Gasteiger partial charge on any atom is 0.294 e. The van der Waals surface area contributed by atoms with Crippen molar-refractivity contribution < 1.29 is 14.4 Å². The molecule has 0 saturated carbocycles. The minimum atomic E-state index is -0.376. The minimum Gasteiger partial charge on any atom is -0.341 e. The Hall–Kier alpha value is -2.08. The summed E-state index contributed by atoms with van der Waals surface area (Å²) in [4.78, 5) is 40.4. The van der Waals surface area contributed by atoms with Crippen molar-refractivity contribution in [3.05, 3.63) is 40.3 Å². The standard InChI is InChI=1S/C19H22N2O3S/c1-14-6-8-15(9-7-14)12-16-18(23)21(19(24)25-16)13-17(22)20-10-4-2-3-5-11-20/h6-9,12H,2-5,10-11,13H2,1H3/b16-12-. The Morgan fingerprint density at radius 3 is 2.36 bits per heavy atom. The average Bonchev–Trinajstić information content (AvgIpc) is 2.80. The minimum absolute atomic E-state index is 0.138. The lowest BCUT2D eigenvalue weighted by Gasteiger charge is -2.22. The van der Waals surface area contributed by atoms with Crippen molar-refractivity contribution >= 4 is 34.9 Å². The number of imide groups is 1. The Morgan fingerprint density at radius 2 is 1.72 bits per heavy atom. The number of carbonyl (C=O) groups excluding carboxylic acids is 3. The number of nitrogens with zero attached hydrogens (tertiary/aromatic N) is 2. The van der Waals surface area contributed by atoms with Crippen molar-refractivity contribution in [2.75, 3.05) is 19.6 Å². The Bertz CT molecular complexity index is 704. The zero-order valence-corrected chi connectivity index (χ0v) is 15.2. The van der Waals surface area contributed by atoms with Gasteiger partial charge in [0.1, 0.15) is 6.54 Å². The van der Waals surface area contributed by atoms with E-state index >= 15 is 0 Å². The maximum atomic E-state index is 12.5. The highest BCUT2D eigenvalue weighted by molar-refractivity contribution is 8.18. The zero-order chi connectivity index (χ0) is 17.8. The van der Waals surface area contributed by atoms with Crippen molar-refractivity contribution in [3.8, 4) is 0 Å². The highest BCUT2D eigenvalue weighted by Gasteiger charge is 2.37. The van der Waals surface area contributed by atoms with Crippen LogP contribution in [0.25, 0.3) is 6.08 Å². The summed E-state index contributed by atoms with van der Waals surface area (Å²) in [6, 6.07) is 7.73. The van der Waals surface area contributed by atoms with Crippen molar-refractivity contribution in [1.82, 2.24) is 9.80 Å². The molecule has 0 unspecified atom stereocenters. The Balaban J connectivity index is 1.68. The van der Waals surface area contributed by atoms with Crippen LogP contribution >= 0.6 is 11.8 Å². The molecule has 0 bridgehead atoms. The van der Waals surface area contributed by atoms with E-state index < -0.39 is 0 Å². The average molecular weight is 358 g/mol. The van der Waals surface area contributed by atoms with Gasteiger partial charge in [-0.2, -0.15) is 0 Å². The molecule has 2 heterocycles. The van der Waals surface area contributed by atoms with E-state index in [0.717, 1.165) is 53.5 Å². The van der Waals surface area contributed by atoms with Crippen molar-refractivity contribution in [2.45, 2.75) is 32.6 Å². The van der Waals surface area contributed by atoms with E-state index in [0.29, 0.717) is 18.0 Å².